The molecular formula is C22H42O5S. The highest BCUT2D eigenvalue weighted by Gasteiger charge is 2.47. The molecule has 0 bridgehead atoms. The van der Waals surface area contributed by atoms with Crippen molar-refractivity contribution < 1.29 is 23.7 Å². The minimum atomic E-state index is -0.320. The third-order valence-electron chi connectivity index (χ3n) is 4.84. The van der Waals surface area contributed by atoms with Gasteiger partial charge in [0.25, 0.3) is 0 Å². The lowest BCUT2D eigenvalue weighted by molar-refractivity contribution is -0.153. The summed E-state index contributed by atoms with van der Waals surface area (Å²) < 4.78 is 23.9. The van der Waals surface area contributed by atoms with Crippen LogP contribution in [0.1, 0.15) is 85.5 Å². The molecule has 166 valence electrons. The summed E-state index contributed by atoms with van der Waals surface area (Å²) in [5.41, 5.74) is -0.320. The topological polar surface area (TPSA) is 54.0 Å². The molecule has 0 radical (unpaired) electrons. The molecule has 0 aromatic heterocycles. The van der Waals surface area contributed by atoms with Crippen molar-refractivity contribution in [1.29, 1.82) is 0 Å². The molecule has 6 heteroatoms. The molecule has 1 aliphatic rings. The van der Waals surface area contributed by atoms with E-state index >= 15 is 0 Å². The van der Waals surface area contributed by atoms with E-state index in [4.69, 9.17) is 18.9 Å². The van der Waals surface area contributed by atoms with Gasteiger partial charge in [-0.2, -0.15) is 0 Å². The Morgan fingerprint density at radius 2 is 1.39 bits per heavy atom. The van der Waals surface area contributed by atoms with Crippen LogP contribution < -0.4 is 0 Å². The second-order valence-electron chi connectivity index (χ2n) is 7.52. The summed E-state index contributed by atoms with van der Waals surface area (Å²) >= 11 is 1.63. The van der Waals surface area contributed by atoms with E-state index in [1.54, 1.807) is 11.8 Å². The van der Waals surface area contributed by atoms with Crippen molar-refractivity contribution >= 4 is 17.7 Å². The minimum absolute atomic E-state index is 0.0989. The van der Waals surface area contributed by atoms with Crippen molar-refractivity contribution in [1.82, 2.24) is 0 Å². The summed E-state index contributed by atoms with van der Waals surface area (Å²) in [5.74, 6) is -0.270. The zero-order valence-electron chi connectivity index (χ0n) is 18.5. The molecule has 0 saturated carbocycles. The lowest BCUT2D eigenvalue weighted by Crippen LogP contribution is -2.40. The monoisotopic (exact) mass is 418 g/mol. The second-order valence-corrected chi connectivity index (χ2v) is 8.86. The van der Waals surface area contributed by atoms with Crippen molar-refractivity contribution in [2.24, 2.45) is 0 Å². The summed E-state index contributed by atoms with van der Waals surface area (Å²) in [6.45, 7) is 10.7. The summed E-state index contributed by atoms with van der Waals surface area (Å²) in [4.78, 5) is 11.6. The van der Waals surface area contributed by atoms with Crippen LogP contribution >= 0.6 is 11.8 Å². The maximum atomic E-state index is 11.6. The number of ether oxygens (including phenoxy) is 4. The second kappa shape index (κ2) is 16.5. The van der Waals surface area contributed by atoms with E-state index in [1.807, 2.05) is 0 Å². The zero-order valence-corrected chi connectivity index (χ0v) is 19.3. The maximum absolute atomic E-state index is 11.6. The molecule has 4 atom stereocenters. The normalized spacial score (nSPS) is 24.6. The molecule has 28 heavy (non-hydrogen) atoms. The summed E-state index contributed by atoms with van der Waals surface area (Å²) in [6, 6.07) is 0. The molecule has 5 nitrogen and oxygen atoms in total. The first kappa shape index (κ1) is 25.7. The molecule has 1 aliphatic heterocycles. The van der Waals surface area contributed by atoms with Crippen molar-refractivity contribution in [2.45, 2.75) is 108 Å². The molecule has 0 amide bonds. The van der Waals surface area contributed by atoms with Crippen LogP contribution in [0.3, 0.4) is 0 Å². The standard InChI is InChI=1S/C22H42O5S/c1-5-8-11-12-13-16-26-21-20(25-15-10-7-3)19(17-24-14-9-6-2)28-22(21)27-18(4)23/h19-22H,5-17H2,1-4H3/t19-,20-,21-,22?/m1/s1. The number of unbranched alkanes of at least 4 members (excludes halogenated alkanes) is 6. The van der Waals surface area contributed by atoms with Crippen molar-refractivity contribution in [3.05, 3.63) is 0 Å². The van der Waals surface area contributed by atoms with Gasteiger partial charge in [-0.3, -0.25) is 4.79 Å². The molecule has 1 heterocycles. The van der Waals surface area contributed by atoms with Gasteiger partial charge >= 0.3 is 5.97 Å². The fraction of sp³-hybridized carbons (Fsp3) is 0.955. The minimum Gasteiger partial charge on any atom is -0.449 e. The largest absolute Gasteiger partial charge is 0.449 e. The van der Waals surface area contributed by atoms with Crippen LogP contribution in [0.2, 0.25) is 0 Å². The van der Waals surface area contributed by atoms with E-state index in [-0.39, 0.29) is 28.9 Å². The predicted octanol–water partition coefficient (Wildman–Crippen LogP) is 5.35. The number of esters is 1. The van der Waals surface area contributed by atoms with Gasteiger partial charge in [-0.1, -0.05) is 59.3 Å². The lowest BCUT2D eigenvalue weighted by Gasteiger charge is -2.26. The van der Waals surface area contributed by atoms with Crippen LogP contribution in [-0.2, 0) is 23.7 Å². The first-order chi connectivity index (χ1) is 13.6. The van der Waals surface area contributed by atoms with Gasteiger partial charge in [-0.15, -0.1) is 11.8 Å². The van der Waals surface area contributed by atoms with Crippen molar-refractivity contribution in [2.75, 3.05) is 26.4 Å². The van der Waals surface area contributed by atoms with Gasteiger partial charge in [0.15, 0.2) is 5.44 Å². The Labute approximate surface area is 176 Å². The highest BCUT2D eigenvalue weighted by molar-refractivity contribution is 8.00. The van der Waals surface area contributed by atoms with Crippen LogP contribution in [0, 0.1) is 0 Å². The molecule has 0 aromatic rings. The van der Waals surface area contributed by atoms with E-state index in [0.717, 1.165) is 38.7 Å². The Morgan fingerprint density at radius 3 is 2.07 bits per heavy atom. The van der Waals surface area contributed by atoms with Gasteiger partial charge in [0.1, 0.15) is 12.2 Å². The number of thioether (sulfide) groups is 1. The van der Waals surface area contributed by atoms with Gasteiger partial charge in [-0.25, -0.2) is 0 Å². The fourth-order valence-corrected chi connectivity index (χ4v) is 4.68. The molecule has 1 unspecified atom stereocenters. The number of rotatable bonds is 17. The Hall–Kier alpha value is -0.300. The molecule has 0 spiro atoms. The van der Waals surface area contributed by atoms with Crippen LogP contribution in [0.25, 0.3) is 0 Å². The van der Waals surface area contributed by atoms with E-state index < -0.39 is 0 Å². The Kier molecular flexibility index (Phi) is 15.2. The molecule has 0 aliphatic carbocycles. The molecule has 1 saturated heterocycles. The SMILES string of the molecule is CCCCCCCO[C@H]1C(OC(C)=O)S[C@H](COCCCC)[C@H]1OCCCC. The summed E-state index contributed by atoms with van der Waals surface area (Å²) in [7, 11) is 0. The summed E-state index contributed by atoms with van der Waals surface area (Å²) in [5, 5.41) is 0.128. The van der Waals surface area contributed by atoms with Crippen LogP contribution in [0.15, 0.2) is 0 Å². The van der Waals surface area contributed by atoms with E-state index in [0.29, 0.717) is 19.8 Å². The molecule has 0 aromatic carbocycles. The first-order valence-electron chi connectivity index (χ1n) is 11.3. The van der Waals surface area contributed by atoms with Gasteiger partial charge < -0.3 is 18.9 Å². The van der Waals surface area contributed by atoms with E-state index in [1.165, 1.54) is 32.6 Å². The smallest absolute Gasteiger partial charge is 0.303 e. The Balaban J connectivity index is 2.65. The fourth-order valence-electron chi connectivity index (χ4n) is 3.20. The number of hydrogen-bond acceptors (Lipinski definition) is 6. The van der Waals surface area contributed by atoms with E-state index in [9.17, 15) is 4.79 Å². The quantitative estimate of drug-likeness (QED) is 0.234. The van der Waals surface area contributed by atoms with Gasteiger partial charge in [0.05, 0.1) is 11.9 Å². The first-order valence-corrected chi connectivity index (χ1v) is 12.2. The lowest BCUT2D eigenvalue weighted by atomic mass is 10.1. The van der Waals surface area contributed by atoms with Gasteiger partial charge in [-0.05, 0) is 19.3 Å². The van der Waals surface area contributed by atoms with Gasteiger partial charge in [0, 0.05) is 26.7 Å². The molecular weight excluding hydrogens is 376 g/mol. The van der Waals surface area contributed by atoms with Crippen LogP contribution in [0.4, 0.5) is 0 Å². The van der Waals surface area contributed by atoms with Crippen LogP contribution in [-0.4, -0.2) is 55.3 Å². The number of carbonyl (C=O) groups excluding carboxylic acids is 1. The highest BCUT2D eigenvalue weighted by Crippen LogP contribution is 2.39. The van der Waals surface area contributed by atoms with E-state index in [2.05, 4.69) is 20.8 Å². The maximum Gasteiger partial charge on any atom is 0.303 e. The third-order valence-corrected chi connectivity index (χ3v) is 6.23. The number of hydrogen-bond donors (Lipinski definition) is 0. The predicted molar refractivity (Wildman–Crippen MR) is 116 cm³/mol. The molecule has 0 N–H and O–H groups in total. The van der Waals surface area contributed by atoms with Crippen LogP contribution in [0.5, 0.6) is 0 Å². The third kappa shape index (κ3) is 10.5. The molecule has 1 fully saturated rings. The van der Waals surface area contributed by atoms with Gasteiger partial charge in [0.2, 0.25) is 0 Å². The zero-order chi connectivity index (χ0) is 20.6. The Bertz CT molecular complexity index is 393. The van der Waals surface area contributed by atoms with Crippen molar-refractivity contribution in [3.8, 4) is 0 Å². The Morgan fingerprint density at radius 1 is 0.786 bits per heavy atom. The number of carbonyl (C=O) groups is 1. The average molecular weight is 419 g/mol. The highest BCUT2D eigenvalue weighted by atomic mass is 32.2. The molecule has 1 rings (SSSR count). The van der Waals surface area contributed by atoms with Crippen molar-refractivity contribution in [3.63, 3.8) is 0 Å². The summed E-state index contributed by atoms with van der Waals surface area (Å²) in [6.07, 6.45) is 9.94. The average Bonchev–Trinajstić information content (AvgIpc) is 2.98.